The number of amides is 1. The topological polar surface area (TPSA) is 78.5 Å². The van der Waals surface area contributed by atoms with E-state index >= 15 is 0 Å². The molecule has 1 heterocycles. The van der Waals surface area contributed by atoms with Crippen molar-refractivity contribution >= 4 is 31.9 Å². The first-order valence-electron chi connectivity index (χ1n) is 9.74. The number of benzene rings is 1. The number of unbranched alkanes of at least 4 members (excludes halogenated alkanes) is 1. The maximum atomic E-state index is 12.7. The monoisotopic (exact) mass is 457 g/mol. The predicted octanol–water partition coefficient (Wildman–Crippen LogP) is 2.88. The normalized spacial score (nSPS) is 19.2. The first-order valence-corrected chi connectivity index (χ1v) is 12.0. The molecule has 150 valence electrons. The third-order valence-corrected chi connectivity index (χ3v) is 7.35. The molecule has 1 amide bonds. The highest BCUT2D eigenvalue weighted by Gasteiger charge is 2.29. The first kappa shape index (κ1) is 20.8. The Balaban J connectivity index is 1.62. The van der Waals surface area contributed by atoms with Crippen LogP contribution in [-0.4, -0.2) is 50.9 Å². The molecule has 2 fully saturated rings. The van der Waals surface area contributed by atoms with Crippen molar-refractivity contribution in [3.8, 4) is 0 Å². The van der Waals surface area contributed by atoms with E-state index in [4.69, 9.17) is 0 Å². The van der Waals surface area contributed by atoms with Crippen molar-refractivity contribution in [1.82, 2.24) is 14.9 Å². The van der Waals surface area contributed by atoms with Gasteiger partial charge in [-0.25, -0.2) is 13.1 Å². The molecule has 27 heavy (non-hydrogen) atoms. The van der Waals surface area contributed by atoms with E-state index in [1.54, 1.807) is 6.07 Å². The Morgan fingerprint density at radius 2 is 1.89 bits per heavy atom. The number of carbonyl (C=O) groups excluding carboxylic acids is 1. The van der Waals surface area contributed by atoms with E-state index in [1.165, 1.54) is 25.0 Å². The van der Waals surface area contributed by atoms with Crippen molar-refractivity contribution in [2.75, 3.05) is 19.6 Å². The summed E-state index contributed by atoms with van der Waals surface area (Å²) in [6, 6.07) is 4.78. The number of halogens is 1. The molecule has 1 aliphatic carbocycles. The van der Waals surface area contributed by atoms with Crippen molar-refractivity contribution < 1.29 is 13.2 Å². The van der Waals surface area contributed by atoms with Crippen LogP contribution in [0.1, 0.15) is 55.8 Å². The summed E-state index contributed by atoms with van der Waals surface area (Å²) in [6.07, 6.45) is 6.00. The van der Waals surface area contributed by atoms with E-state index < -0.39 is 10.0 Å². The Bertz CT molecular complexity index is 772. The molecule has 0 radical (unpaired) electrons. The highest BCUT2D eigenvalue weighted by molar-refractivity contribution is 9.10. The Morgan fingerprint density at radius 3 is 2.52 bits per heavy atom. The van der Waals surface area contributed by atoms with Gasteiger partial charge in [0.25, 0.3) is 5.91 Å². The molecule has 1 aromatic rings. The third kappa shape index (κ3) is 5.76. The highest BCUT2D eigenvalue weighted by Crippen LogP contribution is 2.25. The van der Waals surface area contributed by atoms with E-state index in [2.05, 4.69) is 37.8 Å². The average Bonchev–Trinajstić information content (AvgIpc) is 3.44. The van der Waals surface area contributed by atoms with Crippen LogP contribution in [0.25, 0.3) is 0 Å². The summed E-state index contributed by atoms with van der Waals surface area (Å²) in [4.78, 5) is 15.3. The molecule has 8 heteroatoms. The molecule has 1 aliphatic heterocycles. The quantitative estimate of drug-likeness (QED) is 0.628. The van der Waals surface area contributed by atoms with Gasteiger partial charge in [0.2, 0.25) is 10.0 Å². The maximum absolute atomic E-state index is 12.7. The lowest BCUT2D eigenvalue weighted by Gasteiger charge is -2.32. The van der Waals surface area contributed by atoms with Crippen LogP contribution in [0.5, 0.6) is 0 Å². The zero-order valence-electron chi connectivity index (χ0n) is 15.7. The summed E-state index contributed by atoms with van der Waals surface area (Å²) in [5, 5.41) is 3.07. The number of sulfonamides is 1. The number of rotatable bonds is 8. The summed E-state index contributed by atoms with van der Waals surface area (Å²) in [6.45, 7) is 5.30. The van der Waals surface area contributed by atoms with Crippen LogP contribution >= 0.6 is 15.9 Å². The Labute approximate surface area is 170 Å². The average molecular weight is 458 g/mol. The molecule has 1 saturated heterocycles. The number of likely N-dealkylation sites (tertiary alicyclic amines) is 1. The molecular weight excluding hydrogens is 430 g/mol. The van der Waals surface area contributed by atoms with Crippen molar-refractivity contribution in [3.05, 3.63) is 28.2 Å². The van der Waals surface area contributed by atoms with Gasteiger partial charge >= 0.3 is 0 Å². The van der Waals surface area contributed by atoms with E-state index in [1.807, 2.05) is 0 Å². The molecule has 2 N–H and O–H groups in total. The number of nitrogens with one attached hydrogen (secondary N) is 2. The van der Waals surface area contributed by atoms with Gasteiger partial charge in [0, 0.05) is 29.6 Å². The number of hydrogen-bond donors (Lipinski definition) is 2. The van der Waals surface area contributed by atoms with Gasteiger partial charge < -0.3 is 10.2 Å². The lowest BCUT2D eigenvalue weighted by atomic mass is 10.0. The summed E-state index contributed by atoms with van der Waals surface area (Å²) in [7, 11) is -3.58. The summed E-state index contributed by atoms with van der Waals surface area (Å²) in [5.41, 5.74) is 0.363. The standard InChI is InChI=1S/C19H28BrN3O3S/c1-2-3-10-23-11-8-14(9-12-23)21-19(24)17-13-16(6-7-18(17)20)27(25,26)22-15-4-5-15/h6-7,13-15,22H,2-5,8-12H2,1H3,(H,21,24). The number of piperidine rings is 1. The van der Waals surface area contributed by atoms with E-state index in [-0.39, 0.29) is 22.9 Å². The second-order valence-electron chi connectivity index (χ2n) is 7.48. The highest BCUT2D eigenvalue weighted by atomic mass is 79.9. The van der Waals surface area contributed by atoms with E-state index in [9.17, 15) is 13.2 Å². The van der Waals surface area contributed by atoms with Crippen LogP contribution < -0.4 is 10.0 Å². The third-order valence-electron chi connectivity index (χ3n) is 5.14. The van der Waals surface area contributed by atoms with E-state index in [0.29, 0.717) is 10.0 Å². The second-order valence-corrected chi connectivity index (χ2v) is 10.0. The minimum atomic E-state index is -3.58. The SMILES string of the molecule is CCCCN1CCC(NC(=O)c2cc(S(=O)(=O)NC3CC3)ccc2Br)CC1. The van der Waals surface area contributed by atoms with Gasteiger partial charge in [0.05, 0.1) is 10.5 Å². The Kier molecular flexibility index (Phi) is 6.94. The summed E-state index contributed by atoms with van der Waals surface area (Å²) < 4.78 is 28.1. The minimum absolute atomic E-state index is 0.0359. The lowest BCUT2D eigenvalue weighted by molar-refractivity contribution is 0.0910. The summed E-state index contributed by atoms with van der Waals surface area (Å²) >= 11 is 3.38. The molecular formula is C19H28BrN3O3S. The van der Waals surface area contributed by atoms with E-state index in [0.717, 1.165) is 45.3 Å². The molecule has 3 rings (SSSR count). The van der Waals surface area contributed by atoms with Crippen LogP contribution in [0, 0.1) is 0 Å². The molecule has 0 aromatic heterocycles. The number of nitrogens with zero attached hydrogens (tertiary/aromatic N) is 1. The molecule has 0 bridgehead atoms. The fourth-order valence-electron chi connectivity index (χ4n) is 3.28. The molecule has 1 saturated carbocycles. The number of hydrogen-bond acceptors (Lipinski definition) is 4. The second kappa shape index (κ2) is 9.03. The number of carbonyl (C=O) groups is 1. The fraction of sp³-hybridized carbons (Fsp3) is 0.632. The summed E-state index contributed by atoms with van der Waals surface area (Å²) in [5.74, 6) is -0.225. The van der Waals surface area contributed by atoms with Crippen LogP contribution in [0.2, 0.25) is 0 Å². The van der Waals surface area contributed by atoms with Crippen LogP contribution in [-0.2, 0) is 10.0 Å². The van der Waals surface area contributed by atoms with Crippen molar-refractivity contribution in [1.29, 1.82) is 0 Å². The molecule has 0 unspecified atom stereocenters. The Hall–Kier alpha value is -0.960. The first-order chi connectivity index (χ1) is 12.9. The van der Waals surface area contributed by atoms with Crippen molar-refractivity contribution in [3.63, 3.8) is 0 Å². The van der Waals surface area contributed by atoms with Gasteiger partial charge in [0.1, 0.15) is 0 Å². The molecule has 0 spiro atoms. The maximum Gasteiger partial charge on any atom is 0.252 e. The van der Waals surface area contributed by atoms with Crippen molar-refractivity contribution in [2.45, 2.75) is 62.4 Å². The lowest BCUT2D eigenvalue weighted by Crippen LogP contribution is -2.44. The van der Waals surface area contributed by atoms with Gasteiger partial charge in [-0.2, -0.15) is 0 Å². The van der Waals surface area contributed by atoms with Crippen LogP contribution in [0.4, 0.5) is 0 Å². The Morgan fingerprint density at radius 1 is 1.19 bits per heavy atom. The fourth-order valence-corrected chi connectivity index (χ4v) is 5.04. The van der Waals surface area contributed by atoms with Gasteiger partial charge in [-0.15, -0.1) is 0 Å². The molecule has 6 nitrogen and oxygen atoms in total. The molecule has 2 aliphatic rings. The largest absolute Gasteiger partial charge is 0.349 e. The molecule has 0 atom stereocenters. The van der Waals surface area contributed by atoms with Crippen molar-refractivity contribution in [2.24, 2.45) is 0 Å². The van der Waals surface area contributed by atoms with Gasteiger partial charge in [-0.05, 0) is 72.8 Å². The predicted molar refractivity (Wildman–Crippen MR) is 109 cm³/mol. The minimum Gasteiger partial charge on any atom is -0.349 e. The van der Waals surface area contributed by atoms with Crippen LogP contribution in [0.15, 0.2) is 27.6 Å². The zero-order valence-corrected chi connectivity index (χ0v) is 18.1. The van der Waals surface area contributed by atoms with Gasteiger partial charge in [-0.1, -0.05) is 13.3 Å². The smallest absolute Gasteiger partial charge is 0.252 e. The van der Waals surface area contributed by atoms with Gasteiger partial charge in [-0.3, -0.25) is 4.79 Å². The van der Waals surface area contributed by atoms with Crippen LogP contribution in [0.3, 0.4) is 0 Å². The molecule has 1 aromatic carbocycles. The zero-order chi connectivity index (χ0) is 19.4. The van der Waals surface area contributed by atoms with Gasteiger partial charge in [0.15, 0.2) is 0 Å².